The van der Waals surface area contributed by atoms with E-state index in [4.69, 9.17) is 0 Å². The van der Waals surface area contributed by atoms with Gasteiger partial charge in [-0.1, -0.05) is 12.8 Å². The van der Waals surface area contributed by atoms with E-state index in [-0.39, 0.29) is 25.0 Å². The Balaban J connectivity index is 1.75. The topological polar surface area (TPSA) is 29.5 Å². The normalized spacial score (nSPS) is 26.1. The lowest BCUT2D eigenvalue weighted by atomic mass is 9.93. The molecule has 2 rings (SSSR count). The molecule has 0 aromatic heterocycles. The number of carbonyl (C=O) groups excluding carboxylic acids is 1. The number of hydrogen-bond donors (Lipinski definition) is 0. The van der Waals surface area contributed by atoms with Crippen molar-refractivity contribution in [2.75, 3.05) is 25.5 Å². The number of ether oxygens (including phenoxy) is 1. The largest absolute Gasteiger partial charge is 0.374 e. The number of nitrogens with zero attached hydrogens (tertiary/aromatic N) is 1. The first-order chi connectivity index (χ1) is 10.4. The fraction of sp³-hybridized carbons (Fsp3) is 0.929. The van der Waals surface area contributed by atoms with Crippen LogP contribution >= 0.6 is 11.8 Å². The highest BCUT2D eigenvalue weighted by Gasteiger charge is 2.41. The first-order valence-electron chi connectivity index (χ1n) is 7.56. The second-order valence-electron chi connectivity index (χ2n) is 5.71. The molecule has 1 aliphatic heterocycles. The van der Waals surface area contributed by atoms with Crippen LogP contribution in [-0.4, -0.2) is 60.0 Å². The number of amides is 1. The SMILES string of the molecule is O=C(CCOCC(F)(F)C(F)F)N1CCS[C@@H]2CCCC[C@@H]21. The van der Waals surface area contributed by atoms with Crippen molar-refractivity contribution in [3.8, 4) is 0 Å². The molecule has 0 N–H and O–H groups in total. The van der Waals surface area contributed by atoms with E-state index in [0.717, 1.165) is 25.0 Å². The van der Waals surface area contributed by atoms with E-state index in [9.17, 15) is 22.4 Å². The van der Waals surface area contributed by atoms with Crippen LogP contribution in [0.25, 0.3) is 0 Å². The van der Waals surface area contributed by atoms with Gasteiger partial charge in [-0.05, 0) is 12.8 Å². The van der Waals surface area contributed by atoms with Gasteiger partial charge in [0.05, 0.1) is 13.0 Å². The monoisotopic (exact) mass is 343 g/mol. The molecule has 0 unspecified atom stereocenters. The molecule has 2 aliphatic rings. The highest BCUT2D eigenvalue weighted by Crippen LogP contribution is 2.35. The molecule has 0 radical (unpaired) electrons. The fourth-order valence-corrected chi connectivity index (χ4v) is 4.42. The average molecular weight is 343 g/mol. The summed E-state index contributed by atoms with van der Waals surface area (Å²) in [6.07, 6.45) is 0.590. The van der Waals surface area contributed by atoms with Gasteiger partial charge in [0.1, 0.15) is 6.61 Å². The van der Waals surface area contributed by atoms with Crippen LogP contribution < -0.4 is 0 Å². The third kappa shape index (κ3) is 4.50. The Morgan fingerprint density at radius 1 is 1.32 bits per heavy atom. The molecule has 1 aliphatic carbocycles. The van der Waals surface area contributed by atoms with Gasteiger partial charge in [0.25, 0.3) is 0 Å². The fourth-order valence-electron chi connectivity index (χ4n) is 2.98. The lowest BCUT2D eigenvalue weighted by molar-refractivity contribution is -0.167. The Kier molecular flexibility index (Phi) is 6.37. The van der Waals surface area contributed by atoms with Gasteiger partial charge in [-0.2, -0.15) is 20.5 Å². The second kappa shape index (κ2) is 7.86. The van der Waals surface area contributed by atoms with Crippen molar-refractivity contribution < 1.29 is 27.1 Å². The van der Waals surface area contributed by atoms with Crippen molar-refractivity contribution in [3.63, 3.8) is 0 Å². The van der Waals surface area contributed by atoms with E-state index in [0.29, 0.717) is 11.8 Å². The third-order valence-electron chi connectivity index (χ3n) is 4.13. The maximum absolute atomic E-state index is 12.7. The van der Waals surface area contributed by atoms with Crippen LogP contribution in [0, 0.1) is 0 Å². The minimum atomic E-state index is -4.15. The van der Waals surface area contributed by atoms with Gasteiger partial charge < -0.3 is 9.64 Å². The van der Waals surface area contributed by atoms with Gasteiger partial charge in [-0.3, -0.25) is 4.79 Å². The number of halogens is 4. The molecular formula is C14H21F4NO2S. The van der Waals surface area contributed by atoms with Crippen LogP contribution in [0.3, 0.4) is 0 Å². The van der Waals surface area contributed by atoms with Crippen molar-refractivity contribution in [1.82, 2.24) is 4.90 Å². The summed E-state index contributed by atoms with van der Waals surface area (Å²) in [6.45, 7) is -0.931. The van der Waals surface area contributed by atoms with Gasteiger partial charge in [-0.15, -0.1) is 0 Å². The van der Waals surface area contributed by atoms with E-state index in [1.807, 2.05) is 16.7 Å². The predicted molar refractivity (Wildman–Crippen MR) is 76.6 cm³/mol. The average Bonchev–Trinajstić information content (AvgIpc) is 2.50. The molecule has 1 amide bonds. The standard InChI is InChI=1S/C14H21F4NO2S/c15-13(16)14(17,18)9-21-7-5-12(20)19-6-8-22-11-4-2-1-3-10(11)19/h10-11,13H,1-9H2/t10-,11+/m0/s1. The molecule has 1 saturated carbocycles. The van der Waals surface area contributed by atoms with Crippen LogP contribution in [0.15, 0.2) is 0 Å². The number of carbonyl (C=O) groups is 1. The zero-order chi connectivity index (χ0) is 16.2. The van der Waals surface area contributed by atoms with Crippen LogP contribution in [-0.2, 0) is 9.53 Å². The van der Waals surface area contributed by atoms with Gasteiger partial charge in [0.2, 0.25) is 5.91 Å². The lowest BCUT2D eigenvalue weighted by Crippen LogP contribution is -2.51. The van der Waals surface area contributed by atoms with Gasteiger partial charge in [-0.25, -0.2) is 8.78 Å². The maximum Gasteiger partial charge on any atom is 0.330 e. The number of fused-ring (bicyclic) bond motifs is 1. The summed E-state index contributed by atoms with van der Waals surface area (Å²) >= 11 is 1.90. The van der Waals surface area contributed by atoms with Crippen molar-refractivity contribution in [2.24, 2.45) is 0 Å². The molecule has 0 aromatic rings. The second-order valence-corrected chi connectivity index (χ2v) is 7.06. The van der Waals surface area contributed by atoms with Crippen molar-refractivity contribution in [1.29, 1.82) is 0 Å². The molecule has 0 aromatic carbocycles. The zero-order valence-electron chi connectivity index (χ0n) is 12.3. The van der Waals surface area contributed by atoms with Gasteiger partial charge in [0, 0.05) is 23.6 Å². The molecule has 2 atom stereocenters. The van der Waals surface area contributed by atoms with Crippen molar-refractivity contribution >= 4 is 17.7 Å². The summed E-state index contributed by atoms with van der Waals surface area (Å²) in [7, 11) is 0. The Labute approximate surface area is 131 Å². The number of alkyl halides is 4. The molecule has 8 heteroatoms. The molecular weight excluding hydrogens is 322 g/mol. The molecule has 22 heavy (non-hydrogen) atoms. The summed E-state index contributed by atoms with van der Waals surface area (Å²) in [5, 5.41) is 0.468. The Bertz CT molecular complexity index is 382. The first-order valence-corrected chi connectivity index (χ1v) is 8.61. The quantitative estimate of drug-likeness (QED) is 0.548. The highest BCUT2D eigenvalue weighted by atomic mass is 32.2. The number of hydrogen-bond acceptors (Lipinski definition) is 3. The minimum Gasteiger partial charge on any atom is -0.374 e. The number of rotatable bonds is 6. The first kappa shape index (κ1) is 17.8. The van der Waals surface area contributed by atoms with E-state index in [1.54, 1.807) is 0 Å². The Hall–Kier alpha value is -0.500. The van der Waals surface area contributed by atoms with Crippen LogP contribution in [0.4, 0.5) is 17.6 Å². The van der Waals surface area contributed by atoms with E-state index in [1.165, 1.54) is 6.42 Å². The smallest absolute Gasteiger partial charge is 0.330 e. The summed E-state index contributed by atoms with van der Waals surface area (Å²) in [6, 6.07) is 0.225. The van der Waals surface area contributed by atoms with Gasteiger partial charge in [0.15, 0.2) is 0 Å². The van der Waals surface area contributed by atoms with E-state index >= 15 is 0 Å². The molecule has 128 valence electrons. The summed E-state index contributed by atoms with van der Waals surface area (Å²) in [5.41, 5.74) is 0. The Morgan fingerprint density at radius 2 is 2.05 bits per heavy atom. The molecule has 1 heterocycles. The molecule has 0 spiro atoms. The van der Waals surface area contributed by atoms with Crippen LogP contribution in [0.5, 0.6) is 0 Å². The van der Waals surface area contributed by atoms with E-state index < -0.39 is 19.0 Å². The summed E-state index contributed by atoms with van der Waals surface area (Å²) in [4.78, 5) is 14.0. The summed E-state index contributed by atoms with van der Waals surface area (Å²) in [5.74, 6) is -3.39. The van der Waals surface area contributed by atoms with Crippen molar-refractivity contribution in [3.05, 3.63) is 0 Å². The Morgan fingerprint density at radius 3 is 2.77 bits per heavy atom. The molecule has 2 fully saturated rings. The van der Waals surface area contributed by atoms with Crippen LogP contribution in [0.2, 0.25) is 0 Å². The molecule has 0 bridgehead atoms. The highest BCUT2D eigenvalue weighted by molar-refractivity contribution is 8.00. The van der Waals surface area contributed by atoms with Gasteiger partial charge >= 0.3 is 12.3 Å². The summed E-state index contributed by atoms with van der Waals surface area (Å²) < 4.78 is 53.9. The maximum atomic E-state index is 12.7. The minimum absolute atomic E-state index is 0.0345. The lowest BCUT2D eigenvalue weighted by Gasteiger charge is -2.43. The molecule has 1 saturated heterocycles. The third-order valence-corrected chi connectivity index (χ3v) is 5.52. The molecule has 3 nitrogen and oxygen atoms in total. The zero-order valence-corrected chi connectivity index (χ0v) is 13.1. The predicted octanol–water partition coefficient (Wildman–Crippen LogP) is 3.18. The van der Waals surface area contributed by atoms with E-state index in [2.05, 4.69) is 4.74 Å². The number of thioether (sulfide) groups is 1. The van der Waals surface area contributed by atoms with Crippen molar-refractivity contribution in [2.45, 2.75) is 55.7 Å². The van der Waals surface area contributed by atoms with Crippen LogP contribution in [0.1, 0.15) is 32.1 Å².